The van der Waals surface area contributed by atoms with Gasteiger partial charge in [-0.25, -0.2) is 0 Å². The van der Waals surface area contributed by atoms with Crippen molar-refractivity contribution in [2.75, 3.05) is 30.5 Å². The molecule has 0 aromatic heterocycles. The van der Waals surface area contributed by atoms with Crippen LogP contribution in [0, 0.1) is 13.8 Å². The largest absolute Gasteiger partial charge is 0.491 e. The number of amides is 1. The second kappa shape index (κ2) is 11.2. The summed E-state index contributed by atoms with van der Waals surface area (Å²) in [4.78, 5) is 14.7. The molecule has 4 nitrogen and oxygen atoms in total. The molecule has 0 spiro atoms. The van der Waals surface area contributed by atoms with E-state index in [4.69, 9.17) is 9.47 Å². The highest BCUT2D eigenvalue weighted by Crippen LogP contribution is 2.43. The molecular weight excluding hydrogens is 406 g/mol. The molecule has 0 radical (unpaired) electrons. The van der Waals surface area contributed by atoms with Crippen LogP contribution in [0.5, 0.6) is 0 Å². The van der Waals surface area contributed by atoms with Gasteiger partial charge in [0.25, 0.3) is 0 Å². The first-order valence-corrected chi connectivity index (χ1v) is 11.7. The summed E-state index contributed by atoms with van der Waals surface area (Å²) in [5, 5.41) is 0.00259. The van der Waals surface area contributed by atoms with Crippen molar-refractivity contribution in [1.82, 2.24) is 0 Å². The molecule has 1 fully saturated rings. The number of ether oxygens (including phenoxy) is 2. The first-order chi connectivity index (χ1) is 15.0. The van der Waals surface area contributed by atoms with Gasteiger partial charge >= 0.3 is 0 Å². The van der Waals surface area contributed by atoms with Crippen LogP contribution in [0.3, 0.4) is 0 Å². The number of hydrogen-bond acceptors (Lipinski definition) is 4. The van der Waals surface area contributed by atoms with Crippen molar-refractivity contribution in [1.29, 1.82) is 0 Å². The highest BCUT2D eigenvalue weighted by molar-refractivity contribution is 8.00. The third-order valence-electron chi connectivity index (χ3n) is 5.18. The van der Waals surface area contributed by atoms with E-state index in [1.807, 2.05) is 43.0 Å². The van der Waals surface area contributed by atoms with E-state index in [2.05, 4.69) is 43.8 Å². The van der Waals surface area contributed by atoms with E-state index in [-0.39, 0.29) is 11.3 Å². The summed E-state index contributed by atoms with van der Waals surface area (Å²) < 4.78 is 11.4. The van der Waals surface area contributed by atoms with Crippen LogP contribution in [0.2, 0.25) is 0 Å². The fourth-order valence-electron chi connectivity index (χ4n) is 3.55. The molecule has 0 bridgehead atoms. The number of carbonyl (C=O) groups is 1. The van der Waals surface area contributed by atoms with Gasteiger partial charge in [-0.2, -0.15) is 0 Å². The van der Waals surface area contributed by atoms with E-state index in [1.54, 1.807) is 11.8 Å². The van der Waals surface area contributed by atoms with Crippen molar-refractivity contribution in [3.8, 4) is 0 Å². The number of aryl methyl sites for hydroxylation is 2. The van der Waals surface area contributed by atoms with Gasteiger partial charge in [-0.1, -0.05) is 35.9 Å². The van der Waals surface area contributed by atoms with Crippen LogP contribution in [0.4, 0.5) is 5.69 Å². The fraction of sp³-hybridized carbons (Fsp3) is 0.346. The first-order valence-electron chi connectivity index (χ1n) is 10.6. The quantitative estimate of drug-likeness (QED) is 0.258. The zero-order chi connectivity index (χ0) is 22.2. The van der Waals surface area contributed by atoms with Crippen LogP contribution in [0.1, 0.15) is 41.0 Å². The van der Waals surface area contributed by atoms with Crippen molar-refractivity contribution >= 4 is 29.1 Å². The fourth-order valence-corrected chi connectivity index (χ4v) is 4.72. The monoisotopic (exact) mass is 437 g/mol. The zero-order valence-corrected chi connectivity index (χ0v) is 19.4. The minimum Gasteiger partial charge on any atom is -0.491 e. The van der Waals surface area contributed by atoms with Gasteiger partial charge in [-0.15, -0.1) is 18.3 Å². The first kappa shape index (κ1) is 23.2. The van der Waals surface area contributed by atoms with Crippen molar-refractivity contribution < 1.29 is 14.3 Å². The second-order valence-corrected chi connectivity index (χ2v) is 8.60. The highest BCUT2D eigenvalue weighted by atomic mass is 32.2. The van der Waals surface area contributed by atoms with Crippen LogP contribution >= 0.6 is 11.8 Å². The normalized spacial score (nSPS) is 16.6. The van der Waals surface area contributed by atoms with E-state index in [0.29, 0.717) is 25.6 Å². The molecule has 164 valence electrons. The third kappa shape index (κ3) is 5.81. The number of benzene rings is 2. The minimum atomic E-state index is 0.00259. The lowest BCUT2D eigenvalue weighted by atomic mass is 10.1. The zero-order valence-electron chi connectivity index (χ0n) is 18.6. The van der Waals surface area contributed by atoms with Gasteiger partial charge in [-0.05, 0) is 62.6 Å². The topological polar surface area (TPSA) is 38.8 Å². The standard InChI is InChI=1S/C26H31NO3S/c1-5-7-14-29-15-16-30-24(6-2)22-12-13-23(20(4)17-22)27-25(28)18-31-26(27)21-10-8-19(3)9-11-21/h5-6,8-13,17,26H,1,7,14-16,18H2,2-4H3/b24-6+. The number of allylic oxidation sites excluding steroid dienone is 1. The molecule has 1 heterocycles. The average molecular weight is 438 g/mol. The van der Waals surface area contributed by atoms with Gasteiger partial charge in [0, 0.05) is 11.3 Å². The third-order valence-corrected chi connectivity index (χ3v) is 6.40. The van der Waals surface area contributed by atoms with Gasteiger partial charge in [0.05, 0.1) is 19.0 Å². The molecule has 0 saturated carbocycles. The Bertz CT molecular complexity index is 936. The summed E-state index contributed by atoms with van der Waals surface area (Å²) in [5.41, 5.74) is 5.37. The molecule has 31 heavy (non-hydrogen) atoms. The molecule has 1 saturated heterocycles. The Hall–Kier alpha value is -2.50. The van der Waals surface area contributed by atoms with Crippen LogP contribution in [0.15, 0.2) is 61.2 Å². The molecule has 0 aliphatic carbocycles. The van der Waals surface area contributed by atoms with Crippen molar-refractivity contribution in [2.24, 2.45) is 0 Å². The molecule has 2 aromatic carbocycles. The lowest BCUT2D eigenvalue weighted by Crippen LogP contribution is -2.28. The molecule has 1 aliphatic heterocycles. The summed E-state index contributed by atoms with van der Waals surface area (Å²) in [6.07, 6.45) is 4.65. The molecule has 3 rings (SSSR count). The summed E-state index contributed by atoms with van der Waals surface area (Å²) in [5.74, 6) is 1.46. The number of anilines is 1. The molecule has 1 aliphatic rings. The number of thioether (sulfide) groups is 1. The van der Waals surface area contributed by atoms with E-state index in [1.165, 1.54) is 5.56 Å². The van der Waals surface area contributed by atoms with Crippen LogP contribution in [0.25, 0.3) is 5.76 Å². The van der Waals surface area contributed by atoms with Gasteiger partial charge in [0.1, 0.15) is 17.7 Å². The molecule has 0 N–H and O–H groups in total. The lowest BCUT2D eigenvalue weighted by molar-refractivity contribution is -0.115. The molecular formula is C26H31NO3S. The Morgan fingerprint density at radius 1 is 1.16 bits per heavy atom. The Labute approximate surface area is 189 Å². The summed E-state index contributed by atoms with van der Waals surface area (Å²) >= 11 is 1.68. The Kier molecular flexibility index (Phi) is 8.38. The van der Waals surface area contributed by atoms with Crippen LogP contribution < -0.4 is 4.90 Å². The van der Waals surface area contributed by atoms with Crippen LogP contribution in [-0.2, 0) is 14.3 Å². The lowest BCUT2D eigenvalue weighted by Gasteiger charge is -2.26. The maximum absolute atomic E-state index is 12.8. The summed E-state index contributed by atoms with van der Waals surface area (Å²) in [6, 6.07) is 14.6. The van der Waals surface area contributed by atoms with Crippen molar-refractivity contribution in [3.63, 3.8) is 0 Å². The Morgan fingerprint density at radius 2 is 1.94 bits per heavy atom. The number of rotatable bonds is 10. The van der Waals surface area contributed by atoms with Crippen LogP contribution in [-0.4, -0.2) is 31.5 Å². The highest BCUT2D eigenvalue weighted by Gasteiger charge is 2.34. The maximum Gasteiger partial charge on any atom is 0.238 e. The van der Waals surface area contributed by atoms with E-state index in [9.17, 15) is 4.79 Å². The van der Waals surface area contributed by atoms with Crippen molar-refractivity contribution in [3.05, 3.63) is 83.4 Å². The molecule has 1 unspecified atom stereocenters. The number of carbonyl (C=O) groups excluding carboxylic acids is 1. The second-order valence-electron chi connectivity index (χ2n) is 7.53. The van der Waals surface area contributed by atoms with Crippen molar-refractivity contribution in [2.45, 2.75) is 32.6 Å². The number of nitrogens with zero attached hydrogens (tertiary/aromatic N) is 1. The van der Waals surface area contributed by atoms with Gasteiger partial charge < -0.3 is 9.47 Å². The van der Waals surface area contributed by atoms with E-state index in [0.717, 1.165) is 34.6 Å². The van der Waals surface area contributed by atoms with E-state index < -0.39 is 0 Å². The van der Waals surface area contributed by atoms with Gasteiger partial charge in [-0.3, -0.25) is 9.69 Å². The SMILES string of the molecule is C=CCCOCCO/C(=C/C)c1ccc(N2C(=O)CSC2c2ccc(C)cc2)c(C)c1. The predicted molar refractivity (Wildman–Crippen MR) is 130 cm³/mol. The maximum atomic E-state index is 12.8. The van der Waals surface area contributed by atoms with Gasteiger partial charge in [0.15, 0.2) is 0 Å². The minimum absolute atomic E-state index is 0.00259. The molecule has 2 aromatic rings. The Balaban J connectivity index is 1.73. The molecule has 1 atom stereocenters. The average Bonchev–Trinajstić information content (AvgIpc) is 3.15. The molecule has 5 heteroatoms. The summed E-state index contributed by atoms with van der Waals surface area (Å²) in [7, 11) is 0. The smallest absolute Gasteiger partial charge is 0.238 e. The molecule has 1 amide bonds. The predicted octanol–water partition coefficient (Wildman–Crippen LogP) is 6.05. The van der Waals surface area contributed by atoms with E-state index >= 15 is 0 Å². The summed E-state index contributed by atoms with van der Waals surface area (Å²) in [6.45, 7) is 11.5. The Morgan fingerprint density at radius 3 is 2.61 bits per heavy atom. The number of hydrogen-bond donors (Lipinski definition) is 0. The van der Waals surface area contributed by atoms with Gasteiger partial charge in [0.2, 0.25) is 5.91 Å².